The van der Waals surface area contributed by atoms with Crippen LogP contribution < -0.4 is 9.47 Å². The Bertz CT molecular complexity index is 1110. The molecule has 2 aromatic heterocycles. The lowest BCUT2D eigenvalue weighted by molar-refractivity contribution is 0.390. The van der Waals surface area contributed by atoms with E-state index in [0.29, 0.717) is 29.0 Å². The molecule has 0 aliphatic rings. The van der Waals surface area contributed by atoms with Gasteiger partial charge < -0.3 is 14.0 Å². The van der Waals surface area contributed by atoms with Crippen LogP contribution >= 0.6 is 27.7 Å². The molecule has 0 aliphatic heterocycles. The van der Waals surface area contributed by atoms with Crippen molar-refractivity contribution in [3.8, 4) is 34.1 Å². The first-order valence-corrected chi connectivity index (χ1v) is 10.7. The van der Waals surface area contributed by atoms with Gasteiger partial charge in [-0.3, -0.25) is 0 Å². The third-order valence-corrected chi connectivity index (χ3v) is 5.63. The van der Waals surface area contributed by atoms with E-state index in [-0.39, 0.29) is 0 Å². The van der Waals surface area contributed by atoms with Gasteiger partial charge in [-0.25, -0.2) is 0 Å². The number of hydrogen-bond acceptors (Lipinski definition) is 8. The van der Waals surface area contributed by atoms with E-state index in [0.717, 1.165) is 26.3 Å². The Hall–Kier alpha value is -2.91. The maximum absolute atomic E-state index is 5.38. The van der Waals surface area contributed by atoms with Crippen LogP contribution in [-0.2, 0) is 5.75 Å². The number of rotatable bonds is 7. The fourth-order valence-electron chi connectivity index (χ4n) is 2.67. The molecule has 4 rings (SSSR count). The van der Waals surface area contributed by atoms with Crippen LogP contribution in [-0.4, -0.2) is 34.6 Å². The third-order valence-electron chi connectivity index (χ3n) is 4.20. The highest BCUT2D eigenvalue weighted by Gasteiger charge is 2.12. The van der Waals surface area contributed by atoms with Gasteiger partial charge in [0.1, 0.15) is 16.5 Å². The third kappa shape index (κ3) is 4.80. The Labute approximate surface area is 186 Å². The Morgan fingerprint density at radius 2 is 1.63 bits per heavy atom. The van der Waals surface area contributed by atoms with E-state index in [4.69, 9.17) is 14.0 Å². The van der Waals surface area contributed by atoms with E-state index in [1.165, 1.54) is 11.8 Å². The summed E-state index contributed by atoms with van der Waals surface area (Å²) in [4.78, 5) is 4.46. The van der Waals surface area contributed by atoms with Crippen LogP contribution in [0.4, 0.5) is 0 Å². The lowest BCUT2D eigenvalue weighted by Gasteiger charge is -2.05. The largest absolute Gasteiger partial charge is 0.497 e. The average Bonchev–Trinajstić information content (AvgIpc) is 3.27. The molecule has 0 aliphatic carbocycles. The lowest BCUT2D eigenvalue weighted by Crippen LogP contribution is -1.91. The van der Waals surface area contributed by atoms with Crippen molar-refractivity contribution in [1.82, 2.24) is 20.3 Å². The molecule has 4 aromatic rings. The van der Waals surface area contributed by atoms with Gasteiger partial charge in [0, 0.05) is 21.7 Å². The summed E-state index contributed by atoms with van der Waals surface area (Å²) in [5.74, 6) is 2.77. The number of aromatic nitrogens is 4. The van der Waals surface area contributed by atoms with Crippen molar-refractivity contribution in [3.05, 3.63) is 65.0 Å². The van der Waals surface area contributed by atoms with E-state index in [2.05, 4.69) is 36.3 Å². The summed E-state index contributed by atoms with van der Waals surface area (Å²) >= 11 is 4.91. The SMILES string of the molecule is COc1cc(OC)cc(-c2noc(CSc3ccc(-c4ccc(Br)cc4)nn3)n2)c1. The molecule has 30 heavy (non-hydrogen) atoms. The highest BCUT2D eigenvalue weighted by molar-refractivity contribution is 9.10. The normalized spacial score (nSPS) is 10.8. The van der Waals surface area contributed by atoms with Crippen LogP contribution in [0.3, 0.4) is 0 Å². The summed E-state index contributed by atoms with van der Waals surface area (Å²) in [6.45, 7) is 0. The zero-order chi connectivity index (χ0) is 20.9. The second-order valence-electron chi connectivity index (χ2n) is 6.17. The number of halogens is 1. The molecule has 2 aromatic carbocycles. The molecule has 0 amide bonds. The van der Waals surface area contributed by atoms with Crippen molar-refractivity contribution in [1.29, 1.82) is 0 Å². The predicted molar refractivity (Wildman–Crippen MR) is 118 cm³/mol. The molecule has 0 saturated carbocycles. The highest BCUT2D eigenvalue weighted by atomic mass is 79.9. The summed E-state index contributed by atoms with van der Waals surface area (Å²) in [5.41, 5.74) is 2.58. The van der Waals surface area contributed by atoms with Crippen LogP contribution in [0.2, 0.25) is 0 Å². The molecule has 9 heteroatoms. The zero-order valence-electron chi connectivity index (χ0n) is 16.2. The number of methoxy groups -OCH3 is 2. The molecule has 0 atom stereocenters. The topological polar surface area (TPSA) is 83.2 Å². The minimum absolute atomic E-state index is 0.472. The molecule has 0 fully saturated rings. The van der Waals surface area contributed by atoms with Gasteiger partial charge in [-0.15, -0.1) is 10.2 Å². The van der Waals surface area contributed by atoms with Gasteiger partial charge in [-0.2, -0.15) is 4.98 Å². The summed E-state index contributed by atoms with van der Waals surface area (Å²) in [6, 6.07) is 17.3. The second kappa shape index (κ2) is 9.27. The molecule has 2 heterocycles. The van der Waals surface area contributed by atoms with Crippen molar-refractivity contribution in [3.63, 3.8) is 0 Å². The fourth-order valence-corrected chi connectivity index (χ4v) is 3.59. The Kier molecular flexibility index (Phi) is 6.29. The minimum atomic E-state index is 0.472. The molecule has 7 nitrogen and oxygen atoms in total. The van der Waals surface area contributed by atoms with E-state index >= 15 is 0 Å². The van der Waals surface area contributed by atoms with E-state index in [1.54, 1.807) is 20.3 Å². The van der Waals surface area contributed by atoms with Gasteiger partial charge in [0.05, 0.1) is 25.7 Å². The van der Waals surface area contributed by atoms with Gasteiger partial charge in [0.2, 0.25) is 11.7 Å². The summed E-state index contributed by atoms with van der Waals surface area (Å²) in [5, 5.41) is 13.4. The number of hydrogen-bond donors (Lipinski definition) is 0. The van der Waals surface area contributed by atoms with Gasteiger partial charge in [0.15, 0.2) is 0 Å². The summed E-state index contributed by atoms with van der Waals surface area (Å²) in [6.07, 6.45) is 0. The van der Waals surface area contributed by atoms with Gasteiger partial charge >= 0.3 is 0 Å². The van der Waals surface area contributed by atoms with Gasteiger partial charge in [-0.1, -0.05) is 45.0 Å². The van der Waals surface area contributed by atoms with Crippen LogP contribution in [0.25, 0.3) is 22.6 Å². The molecule has 0 saturated heterocycles. The van der Waals surface area contributed by atoms with Gasteiger partial charge in [-0.05, 0) is 36.4 Å². The molecule has 0 N–H and O–H groups in total. The maximum Gasteiger partial charge on any atom is 0.237 e. The first-order chi connectivity index (χ1) is 14.6. The Morgan fingerprint density at radius 1 is 0.900 bits per heavy atom. The van der Waals surface area contributed by atoms with Crippen LogP contribution in [0, 0.1) is 0 Å². The maximum atomic E-state index is 5.38. The predicted octanol–water partition coefficient (Wildman–Crippen LogP) is 5.27. The average molecular weight is 485 g/mol. The zero-order valence-corrected chi connectivity index (χ0v) is 18.6. The molecule has 0 unspecified atom stereocenters. The first-order valence-electron chi connectivity index (χ1n) is 8.93. The molecule has 0 radical (unpaired) electrons. The molecule has 0 bridgehead atoms. The smallest absolute Gasteiger partial charge is 0.237 e. The van der Waals surface area contributed by atoms with Crippen LogP contribution in [0.15, 0.2) is 68.6 Å². The van der Waals surface area contributed by atoms with Crippen molar-refractivity contribution >= 4 is 27.7 Å². The van der Waals surface area contributed by atoms with Crippen LogP contribution in [0.1, 0.15) is 5.89 Å². The van der Waals surface area contributed by atoms with Crippen LogP contribution in [0.5, 0.6) is 11.5 Å². The monoisotopic (exact) mass is 484 g/mol. The fraction of sp³-hybridized carbons (Fsp3) is 0.143. The van der Waals surface area contributed by atoms with E-state index < -0.39 is 0 Å². The minimum Gasteiger partial charge on any atom is -0.497 e. The first kappa shape index (κ1) is 20.4. The number of ether oxygens (including phenoxy) is 2. The summed E-state index contributed by atoms with van der Waals surface area (Å²) < 4.78 is 17.0. The van der Waals surface area contributed by atoms with Crippen molar-refractivity contribution in [2.75, 3.05) is 14.2 Å². The van der Waals surface area contributed by atoms with Crippen molar-refractivity contribution in [2.45, 2.75) is 10.8 Å². The summed E-state index contributed by atoms with van der Waals surface area (Å²) in [7, 11) is 3.19. The number of nitrogens with zero attached hydrogens (tertiary/aromatic N) is 4. The standard InChI is InChI=1S/C21H17BrN4O3S/c1-27-16-9-14(10-17(11-16)28-2)21-23-19(29-26-21)12-30-20-8-7-18(24-25-20)13-3-5-15(22)6-4-13/h3-11H,12H2,1-2H3. The van der Waals surface area contributed by atoms with Crippen molar-refractivity contribution < 1.29 is 14.0 Å². The number of thioether (sulfide) groups is 1. The Balaban J connectivity index is 1.43. The lowest BCUT2D eigenvalue weighted by atomic mass is 10.1. The van der Waals surface area contributed by atoms with Crippen molar-refractivity contribution in [2.24, 2.45) is 0 Å². The molecule has 0 spiro atoms. The second-order valence-corrected chi connectivity index (χ2v) is 8.08. The molecule has 152 valence electrons. The van der Waals surface area contributed by atoms with Gasteiger partial charge in [0.25, 0.3) is 0 Å². The molecular formula is C21H17BrN4O3S. The van der Waals surface area contributed by atoms with E-state index in [1.807, 2.05) is 48.5 Å². The highest BCUT2D eigenvalue weighted by Crippen LogP contribution is 2.29. The Morgan fingerprint density at radius 3 is 2.27 bits per heavy atom. The quantitative estimate of drug-likeness (QED) is 0.328. The van der Waals surface area contributed by atoms with E-state index in [9.17, 15) is 0 Å². The number of benzene rings is 2. The molecular weight excluding hydrogens is 468 g/mol.